The van der Waals surface area contributed by atoms with Crippen LogP contribution in [0, 0.1) is 5.92 Å². The summed E-state index contributed by atoms with van der Waals surface area (Å²) in [7, 11) is 0. The zero-order valence-corrected chi connectivity index (χ0v) is 15.6. The molecule has 1 aliphatic carbocycles. The van der Waals surface area contributed by atoms with Crippen LogP contribution in [-0.2, 0) is 9.53 Å². The van der Waals surface area contributed by atoms with E-state index in [0.717, 1.165) is 0 Å². The summed E-state index contributed by atoms with van der Waals surface area (Å²) in [5, 5.41) is 0.326. The van der Waals surface area contributed by atoms with Crippen LogP contribution < -0.4 is 0 Å². The van der Waals surface area contributed by atoms with Crippen LogP contribution in [0.25, 0.3) is 0 Å². The molecule has 7 heteroatoms. The van der Waals surface area contributed by atoms with Gasteiger partial charge in [-0.25, -0.2) is 9.79 Å². The van der Waals surface area contributed by atoms with Crippen LogP contribution in [0.5, 0.6) is 0 Å². The number of ether oxygens (including phenoxy) is 1. The van der Waals surface area contributed by atoms with Crippen molar-refractivity contribution in [3.8, 4) is 0 Å². The van der Waals surface area contributed by atoms with Gasteiger partial charge in [-0.15, -0.1) is 0 Å². The number of carbonyl (C=O) groups excluding carboxylic acids is 2. The minimum atomic E-state index is -0.510. The minimum Gasteiger partial charge on any atom is -0.444 e. The van der Waals surface area contributed by atoms with Gasteiger partial charge in [-0.1, -0.05) is 18.2 Å². The predicted octanol–water partition coefficient (Wildman–Crippen LogP) is 2.70. The number of hydrogen-bond acceptors (Lipinski definition) is 4. The number of hydrogen-bond donors (Lipinski definition) is 0. The lowest BCUT2D eigenvalue weighted by molar-refractivity contribution is -0.130. The highest BCUT2D eigenvalue weighted by molar-refractivity contribution is 7.80. The van der Waals surface area contributed by atoms with Gasteiger partial charge in [0, 0.05) is 19.1 Å². The first-order valence-corrected chi connectivity index (χ1v) is 8.95. The van der Waals surface area contributed by atoms with Crippen LogP contribution in [0.3, 0.4) is 0 Å². The number of amides is 2. The molecule has 0 saturated carbocycles. The van der Waals surface area contributed by atoms with Gasteiger partial charge in [0.25, 0.3) is 0 Å². The van der Waals surface area contributed by atoms with E-state index in [9.17, 15) is 9.59 Å². The highest BCUT2D eigenvalue weighted by Gasteiger charge is 2.39. The molecule has 134 valence electrons. The first-order valence-electron chi connectivity index (χ1n) is 8.55. The Morgan fingerprint density at radius 1 is 1.28 bits per heavy atom. The number of thiocarbonyl (C=S) groups is 1. The van der Waals surface area contributed by atoms with Gasteiger partial charge in [0.1, 0.15) is 5.60 Å². The van der Waals surface area contributed by atoms with E-state index in [4.69, 9.17) is 17.0 Å². The first kappa shape index (κ1) is 17.8. The topological polar surface area (TPSA) is 62.2 Å². The Balaban J connectivity index is 1.65. The smallest absolute Gasteiger partial charge is 0.410 e. The SMILES string of the molecule is CC(C)(C)OC(=O)N1CCC(N2C(=O)C3C=CC=CC3=NC2=S)CC1. The Labute approximate surface area is 153 Å². The Bertz CT molecular complexity index is 682. The maximum absolute atomic E-state index is 12.8. The molecular weight excluding hydrogens is 338 g/mol. The minimum absolute atomic E-state index is 0.0219. The molecule has 0 spiro atoms. The third-order valence-corrected chi connectivity index (χ3v) is 4.70. The standard InChI is InChI=1S/C18H23N3O3S/c1-18(2,3)24-17(23)20-10-8-12(9-11-20)21-15(22)13-6-4-5-7-14(13)19-16(21)25/h4-7,12-13H,8-11H2,1-3H3. The molecule has 3 rings (SSSR count). The van der Waals surface area contributed by atoms with Gasteiger partial charge in [0.05, 0.1) is 11.6 Å². The van der Waals surface area contributed by atoms with E-state index in [0.29, 0.717) is 36.8 Å². The molecule has 0 aromatic rings. The van der Waals surface area contributed by atoms with Crippen molar-refractivity contribution < 1.29 is 14.3 Å². The lowest BCUT2D eigenvalue weighted by Crippen LogP contribution is -2.55. The quantitative estimate of drug-likeness (QED) is 0.674. The van der Waals surface area contributed by atoms with Crippen LogP contribution in [0.15, 0.2) is 29.3 Å². The fraction of sp³-hybridized carbons (Fsp3) is 0.556. The summed E-state index contributed by atoms with van der Waals surface area (Å²) >= 11 is 5.36. The first-order chi connectivity index (χ1) is 11.8. The molecule has 6 nitrogen and oxygen atoms in total. The average Bonchev–Trinajstić information content (AvgIpc) is 2.54. The van der Waals surface area contributed by atoms with Crippen molar-refractivity contribution in [3.63, 3.8) is 0 Å². The normalized spacial score (nSPS) is 24.3. The van der Waals surface area contributed by atoms with Crippen LogP contribution in [0.4, 0.5) is 4.79 Å². The van der Waals surface area contributed by atoms with E-state index in [2.05, 4.69) is 4.99 Å². The maximum Gasteiger partial charge on any atom is 0.410 e. The molecule has 0 aromatic carbocycles. The summed E-state index contributed by atoms with van der Waals surface area (Å²) in [6.07, 6.45) is 8.44. The summed E-state index contributed by atoms with van der Waals surface area (Å²) < 4.78 is 5.41. The van der Waals surface area contributed by atoms with Gasteiger partial charge < -0.3 is 9.64 Å². The Hall–Kier alpha value is -2.02. The zero-order valence-electron chi connectivity index (χ0n) is 14.8. The fourth-order valence-electron chi connectivity index (χ4n) is 3.22. The van der Waals surface area contributed by atoms with Gasteiger partial charge in [-0.2, -0.15) is 0 Å². The maximum atomic E-state index is 12.8. The lowest BCUT2D eigenvalue weighted by Gasteiger charge is -2.40. The van der Waals surface area contributed by atoms with Crippen LogP contribution >= 0.6 is 12.2 Å². The molecular formula is C18H23N3O3S. The second-order valence-electron chi connectivity index (χ2n) is 7.45. The summed E-state index contributed by atoms with van der Waals surface area (Å²) in [4.78, 5) is 32.8. The van der Waals surface area contributed by atoms with Gasteiger partial charge in [-0.05, 0) is 51.9 Å². The van der Waals surface area contributed by atoms with Crippen LogP contribution in [-0.4, -0.2) is 57.4 Å². The number of fused-ring (bicyclic) bond motifs is 1. The third-order valence-electron chi connectivity index (χ3n) is 4.42. The van der Waals surface area contributed by atoms with Crippen molar-refractivity contribution in [2.24, 2.45) is 10.9 Å². The highest BCUT2D eigenvalue weighted by atomic mass is 32.1. The Morgan fingerprint density at radius 3 is 2.60 bits per heavy atom. The number of likely N-dealkylation sites (tertiary alicyclic amines) is 1. The van der Waals surface area contributed by atoms with Gasteiger partial charge >= 0.3 is 6.09 Å². The van der Waals surface area contributed by atoms with Crippen molar-refractivity contribution in [1.29, 1.82) is 0 Å². The monoisotopic (exact) mass is 361 g/mol. The molecule has 0 N–H and O–H groups in total. The van der Waals surface area contributed by atoms with Crippen LogP contribution in [0.1, 0.15) is 33.6 Å². The average molecular weight is 361 g/mol. The molecule has 0 radical (unpaired) electrons. The zero-order chi connectivity index (χ0) is 18.2. The molecule has 1 saturated heterocycles. The Kier molecular flexibility index (Phi) is 4.77. The molecule has 2 heterocycles. The van der Waals surface area contributed by atoms with Crippen molar-refractivity contribution in [2.45, 2.75) is 45.3 Å². The van der Waals surface area contributed by atoms with Gasteiger partial charge in [0.2, 0.25) is 11.0 Å². The molecule has 25 heavy (non-hydrogen) atoms. The second-order valence-corrected chi connectivity index (χ2v) is 7.81. The highest BCUT2D eigenvalue weighted by Crippen LogP contribution is 2.26. The number of carbonyl (C=O) groups is 2. The molecule has 3 aliphatic rings. The molecule has 1 unspecified atom stereocenters. The van der Waals surface area contributed by atoms with Crippen molar-refractivity contribution in [3.05, 3.63) is 24.3 Å². The van der Waals surface area contributed by atoms with Crippen LogP contribution in [0.2, 0.25) is 0 Å². The molecule has 2 aliphatic heterocycles. The summed E-state index contributed by atoms with van der Waals surface area (Å²) in [6, 6.07) is -0.0247. The number of piperidine rings is 1. The number of rotatable bonds is 1. The van der Waals surface area contributed by atoms with Crippen molar-refractivity contribution in [2.75, 3.05) is 13.1 Å². The molecule has 0 aromatic heterocycles. The molecule has 1 atom stereocenters. The van der Waals surface area contributed by atoms with E-state index in [1.165, 1.54) is 0 Å². The number of allylic oxidation sites excluding steroid dienone is 3. The predicted molar refractivity (Wildman–Crippen MR) is 99.5 cm³/mol. The van der Waals surface area contributed by atoms with Crippen molar-refractivity contribution in [1.82, 2.24) is 9.80 Å². The number of aliphatic imine (C=N–C) groups is 1. The lowest BCUT2D eigenvalue weighted by atomic mass is 9.93. The van der Waals surface area contributed by atoms with Gasteiger partial charge in [-0.3, -0.25) is 9.69 Å². The van der Waals surface area contributed by atoms with E-state index in [1.54, 1.807) is 9.80 Å². The Morgan fingerprint density at radius 2 is 1.96 bits per heavy atom. The molecule has 2 amide bonds. The fourth-order valence-corrected chi connectivity index (χ4v) is 3.57. The van der Waals surface area contributed by atoms with E-state index in [-0.39, 0.29) is 24.0 Å². The third kappa shape index (κ3) is 3.81. The number of nitrogens with zero attached hydrogens (tertiary/aromatic N) is 3. The van der Waals surface area contributed by atoms with E-state index < -0.39 is 5.60 Å². The summed E-state index contributed by atoms with van der Waals surface area (Å²) in [6.45, 7) is 6.64. The largest absolute Gasteiger partial charge is 0.444 e. The molecule has 0 bridgehead atoms. The summed E-state index contributed by atoms with van der Waals surface area (Å²) in [5.41, 5.74) is 0.199. The van der Waals surface area contributed by atoms with Crippen molar-refractivity contribution >= 4 is 35.0 Å². The van der Waals surface area contributed by atoms with Gasteiger partial charge in [0.15, 0.2) is 0 Å². The van der Waals surface area contributed by atoms with E-state index in [1.807, 2.05) is 45.1 Å². The van der Waals surface area contributed by atoms with E-state index >= 15 is 0 Å². The second kappa shape index (κ2) is 6.71. The summed E-state index contributed by atoms with van der Waals surface area (Å²) in [5.74, 6) is -0.369. The molecule has 1 fully saturated rings.